The molecule has 2 heterocycles. The maximum absolute atomic E-state index is 13.2. The van der Waals surface area contributed by atoms with Crippen LogP contribution >= 0.6 is 0 Å². The predicted octanol–water partition coefficient (Wildman–Crippen LogP) is 2.78. The van der Waals surface area contributed by atoms with E-state index in [4.69, 9.17) is 0 Å². The molecular weight excluding hydrogens is 288 g/mol. The minimum Gasteiger partial charge on any atom is -0.368 e. The predicted molar refractivity (Wildman–Crippen MR) is 91.2 cm³/mol. The highest BCUT2D eigenvalue weighted by atomic mass is 16.2. The topological polar surface area (TPSA) is 41.4 Å². The Morgan fingerprint density at radius 3 is 2.65 bits per heavy atom. The summed E-state index contributed by atoms with van der Waals surface area (Å²) in [4.78, 5) is 17.4. The van der Waals surface area contributed by atoms with E-state index in [1.807, 2.05) is 36.3 Å². The van der Waals surface area contributed by atoms with Crippen molar-refractivity contribution in [2.24, 2.45) is 7.05 Å². The van der Waals surface area contributed by atoms with Gasteiger partial charge in [-0.05, 0) is 31.9 Å². The number of likely N-dealkylation sites (N-methyl/N-ethyl adjacent to an activating group) is 1. The molecule has 5 nitrogen and oxygen atoms in total. The molecule has 5 heteroatoms. The van der Waals surface area contributed by atoms with E-state index in [0.717, 1.165) is 55.1 Å². The van der Waals surface area contributed by atoms with Gasteiger partial charge in [-0.15, -0.1) is 0 Å². The van der Waals surface area contributed by atoms with Crippen molar-refractivity contribution in [1.29, 1.82) is 0 Å². The minimum absolute atomic E-state index is 0.0863. The van der Waals surface area contributed by atoms with Gasteiger partial charge in [-0.25, -0.2) is 0 Å². The molecule has 120 valence electrons. The second-order valence-electron chi connectivity index (χ2n) is 6.40. The highest BCUT2D eigenvalue weighted by Gasteiger charge is 2.34. The van der Waals surface area contributed by atoms with Gasteiger partial charge in [0.25, 0.3) is 5.91 Å². The lowest BCUT2D eigenvalue weighted by atomic mass is 10.1. The number of rotatable bonds is 3. The van der Waals surface area contributed by atoms with Crippen LogP contribution in [-0.4, -0.2) is 35.3 Å². The Morgan fingerprint density at radius 1 is 1.22 bits per heavy atom. The molecule has 1 aromatic carbocycles. The summed E-state index contributed by atoms with van der Waals surface area (Å²) in [5.41, 5.74) is 3.91. The van der Waals surface area contributed by atoms with Crippen molar-refractivity contribution in [3.63, 3.8) is 0 Å². The first kappa shape index (κ1) is 14.3. The normalized spacial score (nSPS) is 17.3. The standard InChI is InChI=1S/C18H22N4O/c1-3-21-10-11-22(16-7-5-4-6-15(16)21)18(23)14-12-20(2)19-17(14)13-8-9-13/h4-7,12-13H,3,8-11H2,1-2H3. The number of aromatic nitrogens is 2. The Kier molecular flexibility index (Phi) is 3.36. The summed E-state index contributed by atoms with van der Waals surface area (Å²) in [5.74, 6) is 0.561. The molecule has 0 N–H and O–H groups in total. The van der Waals surface area contributed by atoms with Crippen LogP contribution in [-0.2, 0) is 7.05 Å². The van der Waals surface area contributed by atoms with Gasteiger partial charge in [0.2, 0.25) is 0 Å². The van der Waals surface area contributed by atoms with Gasteiger partial charge in [0.05, 0.1) is 22.6 Å². The molecule has 2 aromatic rings. The highest BCUT2D eigenvalue weighted by molar-refractivity contribution is 6.09. The van der Waals surface area contributed by atoms with Crippen molar-refractivity contribution in [3.8, 4) is 0 Å². The zero-order chi connectivity index (χ0) is 16.0. The lowest BCUT2D eigenvalue weighted by Crippen LogP contribution is -2.44. The number of para-hydroxylation sites is 2. The lowest BCUT2D eigenvalue weighted by Gasteiger charge is -2.37. The molecule has 0 radical (unpaired) electrons. The average Bonchev–Trinajstić information content (AvgIpc) is 3.35. The number of carbonyl (C=O) groups excluding carboxylic acids is 1. The molecule has 0 atom stereocenters. The maximum Gasteiger partial charge on any atom is 0.261 e. The Balaban J connectivity index is 1.72. The SMILES string of the molecule is CCN1CCN(C(=O)c2cn(C)nc2C2CC2)c2ccccc21. The van der Waals surface area contributed by atoms with Crippen LogP contribution in [0.5, 0.6) is 0 Å². The summed E-state index contributed by atoms with van der Waals surface area (Å²) in [6.07, 6.45) is 4.18. The number of benzene rings is 1. The fraction of sp³-hybridized carbons (Fsp3) is 0.444. The van der Waals surface area contributed by atoms with E-state index in [-0.39, 0.29) is 5.91 Å². The third-order valence-electron chi connectivity index (χ3n) is 4.79. The second kappa shape index (κ2) is 5.41. The molecule has 1 amide bonds. The van der Waals surface area contributed by atoms with Crippen molar-refractivity contribution >= 4 is 17.3 Å². The molecular formula is C18H22N4O. The summed E-state index contributed by atoms with van der Waals surface area (Å²) in [5, 5.41) is 4.53. The Hall–Kier alpha value is -2.30. The van der Waals surface area contributed by atoms with Crippen LogP contribution in [0, 0.1) is 0 Å². The summed E-state index contributed by atoms with van der Waals surface area (Å²) in [6, 6.07) is 8.18. The summed E-state index contributed by atoms with van der Waals surface area (Å²) in [7, 11) is 1.89. The van der Waals surface area contributed by atoms with Gasteiger partial charge in [0, 0.05) is 38.8 Å². The molecule has 0 saturated heterocycles. The molecule has 1 fully saturated rings. The highest BCUT2D eigenvalue weighted by Crippen LogP contribution is 2.41. The fourth-order valence-electron chi connectivity index (χ4n) is 3.43. The first-order chi connectivity index (χ1) is 11.2. The van der Waals surface area contributed by atoms with Crippen LogP contribution in [0.2, 0.25) is 0 Å². The zero-order valence-electron chi connectivity index (χ0n) is 13.7. The van der Waals surface area contributed by atoms with Crippen molar-refractivity contribution in [1.82, 2.24) is 9.78 Å². The van der Waals surface area contributed by atoms with Crippen molar-refractivity contribution in [3.05, 3.63) is 41.7 Å². The van der Waals surface area contributed by atoms with Gasteiger partial charge in [0.15, 0.2) is 0 Å². The summed E-state index contributed by atoms with van der Waals surface area (Å²) >= 11 is 0. The number of amides is 1. The van der Waals surface area contributed by atoms with Gasteiger partial charge in [-0.3, -0.25) is 9.48 Å². The molecule has 1 aliphatic carbocycles. The molecule has 4 rings (SSSR count). The first-order valence-corrected chi connectivity index (χ1v) is 8.38. The van der Waals surface area contributed by atoms with E-state index in [1.54, 1.807) is 4.68 Å². The average molecular weight is 310 g/mol. The smallest absolute Gasteiger partial charge is 0.261 e. The lowest BCUT2D eigenvalue weighted by molar-refractivity contribution is 0.0985. The van der Waals surface area contributed by atoms with Gasteiger partial charge in [-0.2, -0.15) is 5.10 Å². The molecule has 1 aliphatic heterocycles. The maximum atomic E-state index is 13.2. The molecule has 0 spiro atoms. The number of hydrogen-bond acceptors (Lipinski definition) is 3. The van der Waals surface area contributed by atoms with Gasteiger partial charge in [-0.1, -0.05) is 12.1 Å². The quantitative estimate of drug-likeness (QED) is 0.875. The van der Waals surface area contributed by atoms with Crippen LogP contribution in [0.15, 0.2) is 30.5 Å². The monoisotopic (exact) mass is 310 g/mol. The van der Waals surface area contributed by atoms with Gasteiger partial charge in [0.1, 0.15) is 0 Å². The van der Waals surface area contributed by atoms with E-state index in [0.29, 0.717) is 5.92 Å². The van der Waals surface area contributed by atoms with Crippen LogP contribution < -0.4 is 9.80 Å². The second-order valence-corrected chi connectivity index (χ2v) is 6.40. The Morgan fingerprint density at radius 2 is 1.96 bits per heavy atom. The Labute approximate surface area is 136 Å². The van der Waals surface area contributed by atoms with Crippen LogP contribution in [0.3, 0.4) is 0 Å². The molecule has 1 saturated carbocycles. The Bertz CT molecular complexity index is 747. The largest absolute Gasteiger partial charge is 0.368 e. The van der Waals surface area contributed by atoms with E-state index >= 15 is 0 Å². The zero-order valence-corrected chi connectivity index (χ0v) is 13.7. The number of aryl methyl sites for hydroxylation is 1. The number of fused-ring (bicyclic) bond motifs is 1. The molecule has 23 heavy (non-hydrogen) atoms. The van der Waals surface area contributed by atoms with Crippen LogP contribution in [0.4, 0.5) is 11.4 Å². The van der Waals surface area contributed by atoms with Crippen LogP contribution in [0.1, 0.15) is 41.7 Å². The fourth-order valence-corrected chi connectivity index (χ4v) is 3.43. The molecule has 2 aliphatic rings. The molecule has 0 bridgehead atoms. The van der Waals surface area contributed by atoms with Crippen LogP contribution in [0.25, 0.3) is 0 Å². The number of anilines is 2. The van der Waals surface area contributed by atoms with Crippen molar-refractivity contribution in [2.75, 3.05) is 29.4 Å². The van der Waals surface area contributed by atoms with E-state index < -0.39 is 0 Å². The molecule has 0 unspecified atom stereocenters. The first-order valence-electron chi connectivity index (χ1n) is 8.38. The number of hydrogen-bond donors (Lipinski definition) is 0. The van der Waals surface area contributed by atoms with E-state index in [9.17, 15) is 4.79 Å². The van der Waals surface area contributed by atoms with Crippen molar-refractivity contribution in [2.45, 2.75) is 25.7 Å². The third kappa shape index (κ3) is 2.40. The van der Waals surface area contributed by atoms with Crippen molar-refractivity contribution < 1.29 is 4.79 Å². The van der Waals surface area contributed by atoms with E-state index in [2.05, 4.69) is 23.0 Å². The van der Waals surface area contributed by atoms with Gasteiger partial charge >= 0.3 is 0 Å². The summed E-state index contributed by atoms with van der Waals surface area (Å²) < 4.78 is 1.77. The third-order valence-corrected chi connectivity index (χ3v) is 4.79. The molecule has 1 aromatic heterocycles. The van der Waals surface area contributed by atoms with Gasteiger partial charge < -0.3 is 9.80 Å². The minimum atomic E-state index is 0.0863. The summed E-state index contributed by atoms with van der Waals surface area (Å²) in [6.45, 7) is 4.71. The number of carbonyl (C=O) groups is 1. The number of nitrogens with zero attached hydrogens (tertiary/aromatic N) is 4. The van der Waals surface area contributed by atoms with E-state index in [1.165, 1.54) is 0 Å².